The second-order valence-corrected chi connectivity index (χ2v) is 3.13. The molecule has 3 heteroatoms. The van der Waals surface area contributed by atoms with E-state index in [1.165, 1.54) is 0 Å². The molecule has 1 heterocycles. The fourth-order valence-electron chi connectivity index (χ4n) is 0.876. The number of hydrogen-bond donors (Lipinski definition) is 1. The van der Waals surface area contributed by atoms with E-state index in [4.69, 9.17) is 5.26 Å². The van der Waals surface area contributed by atoms with Crippen LogP contribution < -0.4 is 5.32 Å². The molecule has 0 aliphatic heterocycles. The quantitative estimate of drug-likeness (QED) is 0.764. The molecule has 0 saturated heterocycles. The van der Waals surface area contributed by atoms with Crippen LogP contribution >= 0.6 is 0 Å². The molecule has 0 radical (unpaired) electrons. The van der Waals surface area contributed by atoms with Gasteiger partial charge in [0.05, 0.1) is 12.0 Å². The van der Waals surface area contributed by atoms with Crippen molar-refractivity contribution in [3.63, 3.8) is 0 Å². The molecule has 13 heavy (non-hydrogen) atoms. The van der Waals surface area contributed by atoms with Gasteiger partial charge >= 0.3 is 0 Å². The average Bonchev–Trinajstić information content (AvgIpc) is 2.16. The molecule has 3 nitrogen and oxygen atoms in total. The van der Waals surface area contributed by atoms with Gasteiger partial charge in [0, 0.05) is 12.7 Å². The van der Waals surface area contributed by atoms with Crippen LogP contribution in [0.2, 0.25) is 0 Å². The van der Waals surface area contributed by atoms with Crippen LogP contribution in [-0.4, -0.2) is 11.5 Å². The lowest BCUT2D eigenvalue weighted by Gasteiger charge is -2.05. The summed E-state index contributed by atoms with van der Waals surface area (Å²) < 4.78 is 0. The van der Waals surface area contributed by atoms with Gasteiger partial charge in [-0.3, -0.25) is 0 Å². The summed E-state index contributed by atoms with van der Waals surface area (Å²) in [6.45, 7) is 4.52. The van der Waals surface area contributed by atoms with Gasteiger partial charge in [-0.15, -0.1) is 0 Å². The Morgan fingerprint density at radius 3 is 2.92 bits per heavy atom. The van der Waals surface area contributed by atoms with Crippen molar-refractivity contribution >= 4 is 5.82 Å². The minimum atomic E-state index is 0.0168. The molecule has 1 atom stereocenters. The molecule has 1 unspecified atom stereocenters. The molecule has 1 aromatic heterocycles. The van der Waals surface area contributed by atoms with Crippen LogP contribution in [0.25, 0.3) is 0 Å². The first-order valence-electron chi connectivity index (χ1n) is 4.28. The highest BCUT2D eigenvalue weighted by Gasteiger charge is 1.98. The van der Waals surface area contributed by atoms with Crippen LogP contribution in [0.15, 0.2) is 18.3 Å². The van der Waals surface area contributed by atoms with Crippen molar-refractivity contribution in [1.82, 2.24) is 4.98 Å². The number of nitrogens with one attached hydrogen (secondary N) is 1. The number of hydrogen-bond acceptors (Lipinski definition) is 3. The Morgan fingerprint density at radius 2 is 2.38 bits per heavy atom. The van der Waals surface area contributed by atoms with Gasteiger partial charge in [-0.2, -0.15) is 5.26 Å². The van der Waals surface area contributed by atoms with Crippen LogP contribution in [0.1, 0.15) is 12.5 Å². The smallest absolute Gasteiger partial charge is 0.125 e. The van der Waals surface area contributed by atoms with Crippen molar-refractivity contribution in [2.45, 2.75) is 13.8 Å². The van der Waals surface area contributed by atoms with Crippen molar-refractivity contribution in [1.29, 1.82) is 5.26 Å². The molecule has 0 aromatic carbocycles. The molecular weight excluding hydrogens is 162 g/mol. The first-order valence-corrected chi connectivity index (χ1v) is 4.28. The summed E-state index contributed by atoms with van der Waals surface area (Å²) in [7, 11) is 0. The molecule has 1 aromatic rings. The predicted octanol–water partition coefficient (Wildman–Crippen LogP) is 1.96. The number of rotatable bonds is 3. The molecule has 1 N–H and O–H groups in total. The highest BCUT2D eigenvalue weighted by molar-refractivity contribution is 5.35. The first kappa shape index (κ1) is 9.53. The minimum Gasteiger partial charge on any atom is -0.369 e. The average molecular weight is 175 g/mol. The third-order valence-corrected chi connectivity index (χ3v) is 1.72. The fourth-order valence-corrected chi connectivity index (χ4v) is 0.876. The number of pyridine rings is 1. The monoisotopic (exact) mass is 175 g/mol. The van der Waals surface area contributed by atoms with E-state index < -0.39 is 0 Å². The van der Waals surface area contributed by atoms with Gasteiger partial charge in [-0.25, -0.2) is 4.98 Å². The lowest BCUT2D eigenvalue weighted by atomic mass is 10.2. The number of aromatic nitrogens is 1. The fraction of sp³-hybridized carbons (Fsp3) is 0.400. The molecule has 0 aliphatic rings. The summed E-state index contributed by atoms with van der Waals surface area (Å²) in [5.74, 6) is 0.843. The molecule has 1 rings (SSSR count). The molecule has 0 aliphatic carbocycles. The maximum Gasteiger partial charge on any atom is 0.125 e. The van der Waals surface area contributed by atoms with Crippen molar-refractivity contribution in [2.24, 2.45) is 5.92 Å². The molecular formula is C10H13N3. The Morgan fingerprint density at radius 1 is 1.62 bits per heavy atom. The number of anilines is 1. The highest BCUT2D eigenvalue weighted by atomic mass is 15.0. The summed E-state index contributed by atoms with van der Waals surface area (Å²) in [6, 6.07) is 6.06. The van der Waals surface area contributed by atoms with Crippen LogP contribution in [0.4, 0.5) is 5.82 Å². The van der Waals surface area contributed by atoms with E-state index in [2.05, 4.69) is 16.4 Å². The van der Waals surface area contributed by atoms with Crippen molar-refractivity contribution in [3.8, 4) is 6.07 Å². The van der Waals surface area contributed by atoms with E-state index in [-0.39, 0.29) is 5.92 Å². The second-order valence-electron chi connectivity index (χ2n) is 3.13. The van der Waals surface area contributed by atoms with E-state index in [0.717, 1.165) is 11.4 Å². The van der Waals surface area contributed by atoms with Gasteiger partial charge < -0.3 is 5.32 Å². The Balaban J connectivity index is 2.47. The van der Waals surface area contributed by atoms with E-state index in [9.17, 15) is 0 Å². The summed E-state index contributed by atoms with van der Waals surface area (Å²) in [5, 5.41) is 11.6. The third kappa shape index (κ3) is 3.12. The summed E-state index contributed by atoms with van der Waals surface area (Å²) in [4.78, 5) is 4.16. The van der Waals surface area contributed by atoms with Crippen molar-refractivity contribution in [2.75, 3.05) is 11.9 Å². The third-order valence-electron chi connectivity index (χ3n) is 1.72. The van der Waals surface area contributed by atoms with Gasteiger partial charge in [0.15, 0.2) is 0 Å². The Bertz CT molecular complexity index is 297. The first-order chi connectivity index (χ1) is 6.22. The molecule has 68 valence electrons. The second kappa shape index (κ2) is 4.46. The van der Waals surface area contributed by atoms with Gasteiger partial charge in [-0.1, -0.05) is 6.07 Å². The molecule has 0 saturated carbocycles. The molecule has 0 bridgehead atoms. The van der Waals surface area contributed by atoms with Gasteiger partial charge in [0.1, 0.15) is 5.82 Å². The topological polar surface area (TPSA) is 48.7 Å². The number of nitrogens with zero attached hydrogens (tertiary/aromatic N) is 2. The van der Waals surface area contributed by atoms with Crippen LogP contribution in [0.3, 0.4) is 0 Å². The van der Waals surface area contributed by atoms with Crippen LogP contribution in [0, 0.1) is 24.2 Å². The molecule has 0 spiro atoms. The summed E-state index contributed by atoms with van der Waals surface area (Å²) in [6.07, 6.45) is 1.80. The van der Waals surface area contributed by atoms with E-state index >= 15 is 0 Å². The molecule has 0 fully saturated rings. The normalized spacial score (nSPS) is 11.8. The number of nitriles is 1. The van der Waals surface area contributed by atoms with Gasteiger partial charge in [0.25, 0.3) is 0 Å². The standard InChI is InChI=1S/C10H13N3/c1-8-3-4-10(12-6-8)13-7-9(2)5-11/h3-4,6,9H,7H2,1-2H3,(H,12,13). The van der Waals surface area contributed by atoms with Gasteiger partial charge in [0.2, 0.25) is 0 Å². The SMILES string of the molecule is Cc1ccc(NCC(C)C#N)nc1. The largest absolute Gasteiger partial charge is 0.369 e. The summed E-state index contributed by atoms with van der Waals surface area (Å²) in [5.41, 5.74) is 1.14. The van der Waals surface area contributed by atoms with E-state index in [1.54, 1.807) is 6.20 Å². The van der Waals surface area contributed by atoms with E-state index in [1.807, 2.05) is 26.0 Å². The summed E-state index contributed by atoms with van der Waals surface area (Å²) >= 11 is 0. The van der Waals surface area contributed by atoms with Crippen molar-refractivity contribution in [3.05, 3.63) is 23.9 Å². The Hall–Kier alpha value is -1.56. The highest BCUT2D eigenvalue weighted by Crippen LogP contribution is 2.04. The lowest BCUT2D eigenvalue weighted by molar-refractivity contribution is 0.783. The zero-order chi connectivity index (χ0) is 9.68. The number of aryl methyl sites for hydroxylation is 1. The Kier molecular flexibility index (Phi) is 3.27. The maximum atomic E-state index is 8.55. The van der Waals surface area contributed by atoms with Crippen LogP contribution in [-0.2, 0) is 0 Å². The minimum absolute atomic E-state index is 0.0168. The van der Waals surface area contributed by atoms with Crippen LogP contribution in [0.5, 0.6) is 0 Å². The lowest BCUT2D eigenvalue weighted by Crippen LogP contribution is -2.10. The van der Waals surface area contributed by atoms with Crippen molar-refractivity contribution < 1.29 is 0 Å². The molecule has 0 amide bonds. The Labute approximate surface area is 78.4 Å². The van der Waals surface area contributed by atoms with Gasteiger partial charge in [-0.05, 0) is 25.5 Å². The zero-order valence-electron chi connectivity index (χ0n) is 7.91. The van der Waals surface area contributed by atoms with E-state index in [0.29, 0.717) is 6.54 Å². The predicted molar refractivity (Wildman–Crippen MR) is 52.2 cm³/mol. The maximum absolute atomic E-state index is 8.55. The zero-order valence-corrected chi connectivity index (χ0v) is 7.91.